The second kappa shape index (κ2) is 5.98. The lowest BCUT2D eigenvalue weighted by Gasteiger charge is -2.56. The summed E-state index contributed by atoms with van der Waals surface area (Å²) < 4.78 is 13.0. The number of halogens is 1. The molecule has 0 aliphatic heterocycles. The highest BCUT2D eigenvalue weighted by Crippen LogP contribution is 2.61. The third kappa shape index (κ3) is 3.11. The van der Waals surface area contributed by atoms with Gasteiger partial charge in [-0.3, -0.25) is 4.79 Å². The largest absolute Gasteiger partial charge is 0.273 e. The summed E-state index contributed by atoms with van der Waals surface area (Å²) in [7, 11) is 0. The minimum absolute atomic E-state index is 0.0263. The number of carbonyl (C=O) groups excluding carboxylic acids is 1. The summed E-state index contributed by atoms with van der Waals surface area (Å²) in [6.07, 6.45) is 8.47. The molecule has 1 aromatic carbocycles. The lowest BCUT2D eigenvalue weighted by atomic mass is 9.49. The van der Waals surface area contributed by atoms with Crippen LogP contribution >= 0.6 is 0 Å². The van der Waals surface area contributed by atoms with Crippen molar-refractivity contribution in [2.24, 2.45) is 28.3 Å². The summed E-state index contributed by atoms with van der Waals surface area (Å²) in [6.45, 7) is 1.83. The molecule has 0 heterocycles. The number of nitrogens with zero attached hydrogens (tertiary/aromatic N) is 1. The topological polar surface area (TPSA) is 41.5 Å². The summed E-state index contributed by atoms with van der Waals surface area (Å²) >= 11 is 0. The normalized spacial score (nSPS) is 34.4. The molecule has 3 nitrogen and oxygen atoms in total. The smallest absolute Gasteiger partial charge is 0.240 e. The van der Waals surface area contributed by atoms with Crippen LogP contribution in [0, 0.1) is 29.0 Å². The van der Waals surface area contributed by atoms with Crippen molar-refractivity contribution in [3.05, 3.63) is 35.6 Å². The highest BCUT2D eigenvalue weighted by Gasteiger charge is 2.51. The molecule has 0 atom stereocenters. The SMILES string of the molecule is C/C(=N\NC(=O)CC12CC3CC(CC(C3)C1)C2)c1ccc(F)cc1. The maximum Gasteiger partial charge on any atom is 0.240 e. The molecule has 4 aliphatic rings. The summed E-state index contributed by atoms with van der Waals surface area (Å²) in [6, 6.07) is 6.18. The number of nitrogens with one attached hydrogen (secondary N) is 1. The van der Waals surface area contributed by atoms with Gasteiger partial charge in [0.1, 0.15) is 5.82 Å². The zero-order chi connectivity index (χ0) is 16.7. The van der Waals surface area contributed by atoms with Crippen molar-refractivity contribution in [1.82, 2.24) is 5.43 Å². The molecule has 24 heavy (non-hydrogen) atoms. The van der Waals surface area contributed by atoms with Gasteiger partial charge < -0.3 is 0 Å². The highest BCUT2D eigenvalue weighted by atomic mass is 19.1. The van der Waals surface area contributed by atoms with E-state index in [1.54, 1.807) is 12.1 Å². The Morgan fingerprint density at radius 3 is 2.21 bits per heavy atom. The molecule has 4 aliphatic carbocycles. The van der Waals surface area contributed by atoms with Crippen LogP contribution in [0.5, 0.6) is 0 Å². The molecule has 5 rings (SSSR count). The fourth-order valence-corrected chi connectivity index (χ4v) is 5.79. The van der Waals surface area contributed by atoms with Gasteiger partial charge in [-0.2, -0.15) is 5.10 Å². The first-order valence-electron chi connectivity index (χ1n) is 9.10. The molecule has 1 aromatic rings. The van der Waals surface area contributed by atoms with Gasteiger partial charge in [-0.25, -0.2) is 9.82 Å². The van der Waals surface area contributed by atoms with Crippen LogP contribution in [0.2, 0.25) is 0 Å². The van der Waals surface area contributed by atoms with Gasteiger partial charge >= 0.3 is 0 Å². The number of hydrazone groups is 1. The Morgan fingerprint density at radius 1 is 1.12 bits per heavy atom. The van der Waals surface area contributed by atoms with Crippen molar-refractivity contribution in [3.63, 3.8) is 0 Å². The Kier molecular flexibility index (Phi) is 3.93. The van der Waals surface area contributed by atoms with E-state index >= 15 is 0 Å². The lowest BCUT2D eigenvalue weighted by Crippen LogP contribution is -2.47. The molecule has 128 valence electrons. The third-order valence-corrected chi connectivity index (χ3v) is 6.31. The van der Waals surface area contributed by atoms with Crippen LogP contribution in [0.15, 0.2) is 29.4 Å². The van der Waals surface area contributed by atoms with Gasteiger partial charge in [0.25, 0.3) is 0 Å². The maximum absolute atomic E-state index is 13.0. The summed E-state index contributed by atoms with van der Waals surface area (Å²) in [5.74, 6) is 2.33. The number of amides is 1. The standard InChI is InChI=1S/C20H25FN2O/c1-13(17-2-4-18(21)5-3-17)22-23-19(24)12-20-9-14-6-15(10-20)8-16(7-14)11-20/h2-5,14-16H,6-12H2,1H3,(H,23,24)/b22-13+. The van der Waals surface area contributed by atoms with E-state index in [1.165, 1.54) is 50.7 Å². The van der Waals surface area contributed by atoms with Gasteiger partial charge in [0.15, 0.2) is 0 Å². The minimum Gasteiger partial charge on any atom is -0.273 e. The Labute approximate surface area is 142 Å². The van der Waals surface area contributed by atoms with Crippen LogP contribution in [-0.4, -0.2) is 11.6 Å². The molecule has 4 bridgehead atoms. The number of carbonyl (C=O) groups is 1. The average molecular weight is 328 g/mol. The first kappa shape index (κ1) is 15.8. The third-order valence-electron chi connectivity index (χ3n) is 6.31. The van der Waals surface area contributed by atoms with Gasteiger partial charge in [0.2, 0.25) is 5.91 Å². The molecule has 1 amide bonds. The second-order valence-electron chi connectivity index (χ2n) is 8.33. The van der Waals surface area contributed by atoms with Crippen LogP contribution < -0.4 is 5.43 Å². The van der Waals surface area contributed by atoms with E-state index in [2.05, 4.69) is 10.5 Å². The summed E-state index contributed by atoms with van der Waals surface area (Å²) in [5, 5.41) is 4.22. The Balaban J connectivity index is 1.38. The van der Waals surface area contributed by atoms with Crippen molar-refractivity contribution >= 4 is 11.6 Å². The predicted molar refractivity (Wildman–Crippen MR) is 92.0 cm³/mol. The first-order chi connectivity index (χ1) is 11.5. The fourth-order valence-electron chi connectivity index (χ4n) is 5.79. The first-order valence-corrected chi connectivity index (χ1v) is 9.10. The molecule has 0 saturated heterocycles. The minimum atomic E-state index is -0.266. The molecule has 0 aromatic heterocycles. The van der Waals surface area contributed by atoms with E-state index in [4.69, 9.17) is 0 Å². The van der Waals surface area contributed by atoms with Crippen molar-refractivity contribution in [3.8, 4) is 0 Å². The van der Waals surface area contributed by atoms with Gasteiger partial charge in [-0.15, -0.1) is 0 Å². The average Bonchev–Trinajstić information content (AvgIpc) is 2.51. The molecule has 0 radical (unpaired) electrons. The van der Waals surface area contributed by atoms with Crippen LogP contribution in [0.4, 0.5) is 4.39 Å². The lowest BCUT2D eigenvalue weighted by molar-refractivity contribution is -0.129. The monoisotopic (exact) mass is 328 g/mol. The van der Waals surface area contributed by atoms with Gasteiger partial charge in [-0.05, 0) is 86.3 Å². The summed E-state index contributed by atoms with van der Waals surface area (Å²) in [4.78, 5) is 12.4. The van der Waals surface area contributed by atoms with E-state index in [9.17, 15) is 9.18 Å². The van der Waals surface area contributed by atoms with Gasteiger partial charge in [0, 0.05) is 6.42 Å². The van der Waals surface area contributed by atoms with Crippen molar-refractivity contribution < 1.29 is 9.18 Å². The Bertz CT molecular complexity index is 629. The molecule has 0 spiro atoms. The number of hydrogen-bond acceptors (Lipinski definition) is 2. The zero-order valence-corrected chi connectivity index (χ0v) is 14.2. The molecule has 4 heteroatoms. The number of hydrogen-bond donors (Lipinski definition) is 1. The van der Waals surface area contributed by atoms with Gasteiger partial charge in [-0.1, -0.05) is 12.1 Å². The molecule has 1 N–H and O–H groups in total. The molecular formula is C20H25FN2O. The quantitative estimate of drug-likeness (QED) is 0.651. The fraction of sp³-hybridized carbons (Fsp3) is 0.600. The van der Waals surface area contributed by atoms with E-state index in [-0.39, 0.29) is 17.1 Å². The molecular weight excluding hydrogens is 303 g/mol. The van der Waals surface area contributed by atoms with Crippen LogP contribution in [-0.2, 0) is 4.79 Å². The van der Waals surface area contributed by atoms with E-state index in [1.807, 2.05) is 6.92 Å². The van der Waals surface area contributed by atoms with Crippen molar-refractivity contribution in [1.29, 1.82) is 0 Å². The Morgan fingerprint density at radius 2 is 1.67 bits per heavy atom. The Hall–Kier alpha value is -1.71. The van der Waals surface area contributed by atoms with Crippen LogP contribution in [0.1, 0.15) is 57.4 Å². The zero-order valence-electron chi connectivity index (χ0n) is 14.2. The molecule has 4 saturated carbocycles. The predicted octanol–water partition coefficient (Wildman–Crippen LogP) is 4.27. The molecule has 0 unspecified atom stereocenters. The number of benzene rings is 1. The molecule has 4 fully saturated rings. The van der Waals surface area contributed by atoms with E-state index in [0.29, 0.717) is 12.1 Å². The van der Waals surface area contributed by atoms with E-state index < -0.39 is 0 Å². The van der Waals surface area contributed by atoms with Crippen LogP contribution in [0.25, 0.3) is 0 Å². The van der Waals surface area contributed by atoms with E-state index in [0.717, 1.165) is 23.3 Å². The van der Waals surface area contributed by atoms with Gasteiger partial charge in [0.05, 0.1) is 5.71 Å². The van der Waals surface area contributed by atoms with Crippen molar-refractivity contribution in [2.45, 2.75) is 51.9 Å². The summed E-state index contributed by atoms with van der Waals surface area (Å²) in [5.41, 5.74) is 4.49. The maximum atomic E-state index is 13.0. The second-order valence-corrected chi connectivity index (χ2v) is 8.33. The number of rotatable bonds is 4. The highest BCUT2D eigenvalue weighted by molar-refractivity contribution is 5.99. The van der Waals surface area contributed by atoms with Crippen LogP contribution in [0.3, 0.4) is 0 Å². The van der Waals surface area contributed by atoms with Crippen molar-refractivity contribution in [2.75, 3.05) is 0 Å².